The lowest BCUT2D eigenvalue weighted by Gasteiger charge is -2.02. The summed E-state index contributed by atoms with van der Waals surface area (Å²) in [6.07, 6.45) is 1.67. The van der Waals surface area contributed by atoms with E-state index in [1.807, 2.05) is 6.26 Å². The van der Waals surface area contributed by atoms with Gasteiger partial charge in [-0.1, -0.05) is 0 Å². The van der Waals surface area contributed by atoms with E-state index in [1.54, 1.807) is 18.7 Å². The van der Waals surface area contributed by atoms with E-state index in [4.69, 9.17) is 0 Å². The summed E-state index contributed by atoms with van der Waals surface area (Å²) in [6.45, 7) is 2.90. The Morgan fingerprint density at radius 3 is 2.90 bits per heavy atom. The number of rotatable bonds is 4. The molecule has 4 heteroatoms. The van der Waals surface area contributed by atoms with Gasteiger partial charge >= 0.3 is 6.09 Å². The average molecular weight is 163 g/mol. The van der Waals surface area contributed by atoms with Crippen molar-refractivity contribution in [3.8, 4) is 0 Å². The van der Waals surface area contributed by atoms with E-state index >= 15 is 0 Å². The molecule has 0 spiro atoms. The van der Waals surface area contributed by atoms with Crippen molar-refractivity contribution in [2.45, 2.75) is 6.92 Å². The van der Waals surface area contributed by atoms with Crippen molar-refractivity contribution in [3.63, 3.8) is 0 Å². The Balaban J connectivity index is 3.05. The van der Waals surface area contributed by atoms with E-state index in [0.717, 1.165) is 5.75 Å². The van der Waals surface area contributed by atoms with Crippen LogP contribution in [0.4, 0.5) is 4.79 Å². The summed E-state index contributed by atoms with van der Waals surface area (Å²) < 4.78 is 4.63. The van der Waals surface area contributed by atoms with Crippen LogP contribution in [0.15, 0.2) is 0 Å². The molecular weight excluding hydrogens is 150 g/mol. The number of thioether (sulfide) groups is 1. The fraction of sp³-hybridized carbons (Fsp3) is 0.833. The van der Waals surface area contributed by atoms with Crippen LogP contribution in [0.3, 0.4) is 0 Å². The van der Waals surface area contributed by atoms with E-state index in [1.165, 1.54) is 0 Å². The first-order chi connectivity index (χ1) is 4.81. The van der Waals surface area contributed by atoms with Gasteiger partial charge in [0, 0.05) is 12.3 Å². The number of carbonyl (C=O) groups excluding carboxylic acids is 1. The zero-order valence-corrected chi connectivity index (χ0v) is 7.16. The molecule has 0 unspecified atom stereocenters. The number of nitrogens with one attached hydrogen (secondary N) is 1. The van der Waals surface area contributed by atoms with Gasteiger partial charge in [-0.15, -0.1) is 0 Å². The second-order valence-electron chi connectivity index (χ2n) is 1.64. The van der Waals surface area contributed by atoms with Crippen LogP contribution in [-0.2, 0) is 4.74 Å². The largest absolute Gasteiger partial charge is 0.450 e. The lowest BCUT2D eigenvalue weighted by molar-refractivity contribution is 0.153. The minimum Gasteiger partial charge on any atom is -0.450 e. The summed E-state index contributed by atoms with van der Waals surface area (Å²) in [7, 11) is 0. The van der Waals surface area contributed by atoms with Crippen LogP contribution in [0.2, 0.25) is 0 Å². The molecule has 60 valence electrons. The number of carbonyl (C=O) groups is 1. The maximum absolute atomic E-state index is 10.6. The summed E-state index contributed by atoms with van der Waals surface area (Å²) in [6, 6.07) is 0. The molecule has 10 heavy (non-hydrogen) atoms. The molecule has 1 N–H and O–H groups in total. The van der Waals surface area contributed by atoms with Crippen LogP contribution in [0.5, 0.6) is 0 Å². The topological polar surface area (TPSA) is 38.3 Å². The van der Waals surface area contributed by atoms with Gasteiger partial charge < -0.3 is 10.1 Å². The Hall–Kier alpha value is -0.380. The van der Waals surface area contributed by atoms with Crippen LogP contribution in [0.25, 0.3) is 0 Å². The molecule has 0 rings (SSSR count). The maximum Gasteiger partial charge on any atom is 0.407 e. The predicted molar refractivity (Wildman–Crippen MR) is 43.4 cm³/mol. The van der Waals surface area contributed by atoms with E-state index in [9.17, 15) is 4.79 Å². The fourth-order valence-corrected chi connectivity index (χ4v) is 0.743. The van der Waals surface area contributed by atoms with Crippen molar-refractivity contribution in [1.82, 2.24) is 5.32 Å². The average Bonchev–Trinajstić information content (AvgIpc) is 1.89. The molecule has 0 saturated heterocycles. The number of alkyl carbamates (subject to hydrolysis) is 1. The highest BCUT2D eigenvalue weighted by Gasteiger charge is 1.95. The summed E-state index contributed by atoms with van der Waals surface area (Å²) in [5.41, 5.74) is 0. The standard InChI is InChI=1S/C6H13NO2S/c1-3-9-6(8)7-4-5-10-2/h3-5H2,1-2H3,(H,7,8). The smallest absolute Gasteiger partial charge is 0.407 e. The van der Waals surface area contributed by atoms with Crippen LogP contribution in [0, 0.1) is 0 Å². The molecule has 0 atom stereocenters. The van der Waals surface area contributed by atoms with Gasteiger partial charge in [0.05, 0.1) is 6.61 Å². The zero-order valence-electron chi connectivity index (χ0n) is 6.35. The molecule has 0 radical (unpaired) electrons. The normalized spacial score (nSPS) is 9.00. The molecule has 0 fully saturated rings. The zero-order chi connectivity index (χ0) is 7.82. The lowest BCUT2D eigenvalue weighted by atomic mass is 10.7. The second-order valence-corrected chi connectivity index (χ2v) is 2.63. The Bertz CT molecular complexity index is 97.7. The van der Waals surface area contributed by atoms with Gasteiger partial charge in [0.15, 0.2) is 0 Å². The molecule has 0 bridgehead atoms. The fourth-order valence-electron chi connectivity index (χ4n) is 0.437. The van der Waals surface area contributed by atoms with Gasteiger partial charge in [-0.3, -0.25) is 0 Å². The highest BCUT2D eigenvalue weighted by atomic mass is 32.2. The Morgan fingerprint density at radius 2 is 2.40 bits per heavy atom. The first kappa shape index (κ1) is 9.62. The van der Waals surface area contributed by atoms with Gasteiger partial charge in [0.1, 0.15) is 0 Å². The van der Waals surface area contributed by atoms with Crippen LogP contribution in [-0.4, -0.2) is 31.3 Å². The van der Waals surface area contributed by atoms with Gasteiger partial charge in [-0.25, -0.2) is 4.79 Å². The number of ether oxygens (including phenoxy) is 1. The SMILES string of the molecule is CCOC(=O)NCCSC. The van der Waals surface area contributed by atoms with E-state index in [0.29, 0.717) is 13.2 Å². The summed E-state index contributed by atoms with van der Waals surface area (Å²) in [4.78, 5) is 10.6. The van der Waals surface area contributed by atoms with Crippen LogP contribution < -0.4 is 5.32 Å². The highest BCUT2D eigenvalue weighted by molar-refractivity contribution is 7.98. The van der Waals surface area contributed by atoms with Crippen LogP contribution in [0.1, 0.15) is 6.92 Å². The molecule has 3 nitrogen and oxygen atoms in total. The Kier molecular flexibility index (Phi) is 6.48. The molecule has 0 aromatic heterocycles. The summed E-state index contributed by atoms with van der Waals surface area (Å²) in [5.74, 6) is 0.929. The number of hydrogen-bond donors (Lipinski definition) is 1. The van der Waals surface area contributed by atoms with E-state index < -0.39 is 0 Å². The molecule has 0 aromatic rings. The predicted octanol–water partition coefficient (Wildman–Crippen LogP) is 1.10. The minimum absolute atomic E-state index is 0.323. The Labute approximate surface area is 65.5 Å². The van der Waals surface area contributed by atoms with E-state index in [2.05, 4.69) is 10.1 Å². The molecular formula is C6H13NO2S. The van der Waals surface area contributed by atoms with Crippen molar-refractivity contribution >= 4 is 17.9 Å². The first-order valence-electron chi connectivity index (χ1n) is 3.20. The molecule has 0 aliphatic rings. The van der Waals surface area contributed by atoms with Crippen molar-refractivity contribution in [1.29, 1.82) is 0 Å². The third kappa shape index (κ3) is 5.75. The minimum atomic E-state index is -0.323. The summed E-state index contributed by atoms with van der Waals surface area (Å²) >= 11 is 1.69. The molecule has 0 aliphatic carbocycles. The van der Waals surface area contributed by atoms with Crippen molar-refractivity contribution in [2.75, 3.05) is 25.2 Å². The van der Waals surface area contributed by atoms with Crippen molar-refractivity contribution < 1.29 is 9.53 Å². The molecule has 0 aliphatic heterocycles. The lowest BCUT2D eigenvalue weighted by Crippen LogP contribution is -2.26. The van der Waals surface area contributed by atoms with Crippen LogP contribution >= 0.6 is 11.8 Å². The molecule has 0 aromatic carbocycles. The number of hydrogen-bond acceptors (Lipinski definition) is 3. The number of amides is 1. The first-order valence-corrected chi connectivity index (χ1v) is 4.60. The Morgan fingerprint density at radius 1 is 1.70 bits per heavy atom. The third-order valence-corrected chi connectivity index (χ3v) is 1.46. The van der Waals surface area contributed by atoms with Crippen molar-refractivity contribution in [2.24, 2.45) is 0 Å². The maximum atomic E-state index is 10.6. The van der Waals surface area contributed by atoms with Gasteiger partial charge in [-0.2, -0.15) is 11.8 Å². The van der Waals surface area contributed by atoms with Gasteiger partial charge in [0.25, 0.3) is 0 Å². The third-order valence-electron chi connectivity index (χ3n) is 0.851. The second kappa shape index (κ2) is 6.74. The summed E-state index contributed by atoms with van der Waals surface area (Å²) in [5, 5.41) is 2.60. The van der Waals surface area contributed by atoms with Gasteiger partial charge in [-0.05, 0) is 13.2 Å². The quantitative estimate of drug-likeness (QED) is 0.631. The van der Waals surface area contributed by atoms with E-state index in [-0.39, 0.29) is 6.09 Å². The molecule has 0 saturated carbocycles. The van der Waals surface area contributed by atoms with Crippen molar-refractivity contribution in [3.05, 3.63) is 0 Å². The molecule has 0 heterocycles. The monoisotopic (exact) mass is 163 g/mol. The highest BCUT2D eigenvalue weighted by Crippen LogP contribution is 1.87. The molecule has 1 amide bonds. The van der Waals surface area contributed by atoms with Gasteiger partial charge in [0.2, 0.25) is 0 Å².